The van der Waals surface area contributed by atoms with Crippen LogP contribution in [0.2, 0.25) is 0 Å². The van der Waals surface area contributed by atoms with Crippen LogP contribution in [0.3, 0.4) is 0 Å². The summed E-state index contributed by atoms with van der Waals surface area (Å²) < 4.78 is 13.4. The van der Waals surface area contributed by atoms with Crippen molar-refractivity contribution in [2.45, 2.75) is 19.7 Å². The molecular formula is C15H18N4O2. The summed E-state index contributed by atoms with van der Waals surface area (Å²) in [7, 11) is 0. The Bertz CT molecular complexity index is 634. The molecular weight excluding hydrogens is 268 g/mol. The average molecular weight is 286 g/mol. The molecule has 4 rings (SSSR count). The molecule has 3 heterocycles. The monoisotopic (exact) mass is 286 g/mol. The number of nitrogens with zero attached hydrogens (tertiary/aromatic N) is 4. The molecule has 1 aromatic carbocycles. The molecule has 0 unspecified atom stereocenters. The molecule has 0 aliphatic carbocycles. The molecule has 6 nitrogen and oxygen atoms in total. The van der Waals surface area contributed by atoms with Gasteiger partial charge in [-0.1, -0.05) is 18.2 Å². The highest BCUT2D eigenvalue weighted by Crippen LogP contribution is 2.24. The highest BCUT2D eigenvalue weighted by atomic mass is 16.5. The smallest absolute Gasteiger partial charge is 0.171 e. The van der Waals surface area contributed by atoms with Crippen molar-refractivity contribution in [1.82, 2.24) is 19.7 Å². The van der Waals surface area contributed by atoms with E-state index in [0.717, 1.165) is 56.8 Å². The summed E-state index contributed by atoms with van der Waals surface area (Å²) in [6.45, 7) is 5.58. The van der Waals surface area contributed by atoms with E-state index in [1.165, 1.54) is 5.56 Å². The minimum Gasteiger partial charge on any atom is -0.485 e. The van der Waals surface area contributed by atoms with E-state index in [1.807, 2.05) is 18.2 Å². The molecule has 1 saturated heterocycles. The van der Waals surface area contributed by atoms with Gasteiger partial charge in [0.25, 0.3) is 0 Å². The molecule has 21 heavy (non-hydrogen) atoms. The topological polar surface area (TPSA) is 52.4 Å². The van der Waals surface area contributed by atoms with E-state index in [-0.39, 0.29) is 0 Å². The molecule has 1 aromatic heterocycles. The first-order chi connectivity index (χ1) is 10.4. The zero-order valence-electron chi connectivity index (χ0n) is 11.9. The molecule has 1 fully saturated rings. The lowest BCUT2D eigenvalue weighted by Gasteiger charge is -2.26. The Morgan fingerprint density at radius 2 is 1.95 bits per heavy atom. The Morgan fingerprint density at radius 3 is 2.86 bits per heavy atom. The summed E-state index contributed by atoms with van der Waals surface area (Å²) in [4.78, 5) is 2.36. The predicted octanol–water partition coefficient (Wildman–Crippen LogP) is 1.05. The van der Waals surface area contributed by atoms with Crippen LogP contribution < -0.4 is 4.74 Å². The van der Waals surface area contributed by atoms with Crippen LogP contribution in [0.15, 0.2) is 24.3 Å². The summed E-state index contributed by atoms with van der Waals surface area (Å²) in [6, 6.07) is 8.15. The molecule has 0 atom stereocenters. The lowest BCUT2D eigenvalue weighted by atomic mass is 10.2. The van der Waals surface area contributed by atoms with Crippen molar-refractivity contribution in [2.24, 2.45) is 0 Å². The van der Waals surface area contributed by atoms with Crippen molar-refractivity contribution in [3.05, 3.63) is 41.5 Å². The second-order valence-corrected chi connectivity index (χ2v) is 5.40. The summed E-state index contributed by atoms with van der Waals surface area (Å²) in [5, 5.41) is 8.65. The standard InChI is InChI=1S/C15H18N4O2/c1-2-4-13-12(3-1)9-19-14(16-17-15(19)11-21-13)10-18-5-7-20-8-6-18/h1-4H,5-11H2. The Labute approximate surface area is 123 Å². The first-order valence-corrected chi connectivity index (χ1v) is 7.32. The van der Waals surface area contributed by atoms with Gasteiger partial charge in [-0.15, -0.1) is 10.2 Å². The van der Waals surface area contributed by atoms with Crippen LogP contribution >= 0.6 is 0 Å². The molecule has 0 N–H and O–H groups in total. The van der Waals surface area contributed by atoms with Gasteiger partial charge in [-0.05, 0) is 6.07 Å². The van der Waals surface area contributed by atoms with Gasteiger partial charge in [0.2, 0.25) is 0 Å². The molecule has 6 heteroatoms. The zero-order valence-corrected chi connectivity index (χ0v) is 11.9. The maximum Gasteiger partial charge on any atom is 0.171 e. The quantitative estimate of drug-likeness (QED) is 0.826. The van der Waals surface area contributed by atoms with Crippen molar-refractivity contribution in [2.75, 3.05) is 26.3 Å². The second kappa shape index (κ2) is 5.46. The maximum absolute atomic E-state index is 5.82. The Hall–Kier alpha value is -1.92. The van der Waals surface area contributed by atoms with Crippen LogP contribution in [-0.2, 0) is 24.4 Å². The second-order valence-electron chi connectivity index (χ2n) is 5.40. The number of ether oxygens (including phenoxy) is 2. The van der Waals surface area contributed by atoms with Crippen LogP contribution in [0.25, 0.3) is 0 Å². The summed E-state index contributed by atoms with van der Waals surface area (Å²) >= 11 is 0. The number of hydrogen-bond acceptors (Lipinski definition) is 5. The predicted molar refractivity (Wildman–Crippen MR) is 76.0 cm³/mol. The first-order valence-electron chi connectivity index (χ1n) is 7.32. The fraction of sp³-hybridized carbons (Fsp3) is 0.467. The van der Waals surface area contributed by atoms with Gasteiger partial charge in [-0.2, -0.15) is 0 Å². The first kappa shape index (κ1) is 12.8. The minimum atomic E-state index is 0.479. The molecule has 0 amide bonds. The number of aromatic nitrogens is 3. The molecule has 110 valence electrons. The van der Waals surface area contributed by atoms with Crippen molar-refractivity contribution in [3.8, 4) is 5.75 Å². The molecule has 2 aliphatic heterocycles. The average Bonchev–Trinajstić information content (AvgIpc) is 2.80. The van der Waals surface area contributed by atoms with Crippen molar-refractivity contribution < 1.29 is 9.47 Å². The van der Waals surface area contributed by atoms with Crippen LogP contribution in [-0.4, -0.2) is 46.0 Å². The van der Waals surface area contributed by atoms with E-state index >= 15 is 0 Å². The van der Waals surface area contributed by atoms with E-state index in [1.54, 1.807) is 0 Å². The van der Waals surface area contributed by atoms with Gasteiger partial charge in [-0.3, -0.25) is 4.90 Å². The van der Waals surface area contributed by atoms with Crippen molar-refractivity contribution in [1.29, 1.82) is 0 Å². The number of rotatable bonds is 2. The maximum atomic E-state index is 5.82. The number of hydrogen-bond donors (Lipinski definition) is 0. The van der Waals surface area contributed by atoms with Gasteiger partial charge in [0.1, 0.15) is 18.2 Å². The van der Waals surface area contributed by atoms with Gasteiger partial charge in [0.15, 0.2) is 5.82 Å². The minimum absolute atomic E-state index is 0.479. The van der Waals surface area contributed by atoms with Gasteiger partial charge in [0, 0.05) is 18.7 Å². The number of fused-ring (bicyclic) bond motifs is 2. The van der Waals surface area contributed by atoms with Gasteiger partial charge in [-0.25, -0.2) is 0 Å². The van der Waals surface area contributed by atoms with E-state index in [2.05, 4.69) is 25.7 Å². The van der Waals surface area contributed by atoms with Crippen LogP contribution in [0, 0.1) is 0 Å². The molecule has 0 spiro atoms. The lowest BCUT2D eigenvalue weighted by molar-refractivity contribution is 0.0325. The Balaban J connectivity index is 1.60. The number of benzene rings is 1. The Kier molecular flexibility index (Phi) is 3.33. The van der Waals surface area contributed by atoms with Gasteiger partial charge < -0.3 is 14.0 Å². The third kappa shape index (κ3) is 2.52. The Morgan fingerprint density at radius 1 is 1.10 bits per heavy atom. The van der Waals surface area contributed by atoms with Crippen LogP contribution in [0.1, 0.15) is 17.2 Å². The third-order valence-electron chi connectivity index (χ3n) is 4.03. The van der Waals surface area contributed by atoms with E-state index in [9.17, 15) is 0 Å². The summed E-state index contributed by atoms with van der Waals surface area (Å²) in [6.07, 6.45) is 0. The highest BCUT2D eigenvalue weighted by Gasteiger charge is 2.21. The summed E-state index contributed by atoms with van der Waals surface area (Å²) in [5.41, 5.74) is 1.18. The fourth-order valence-corrected chi connectivity index (χ4v) is 2.83. The largest absolute Gasteiger partial charge is 0.485 e. The van der Waals surface area contributed by atoms with Crippen LogP contribution in [0.5, 0.6) is 5.75 Å². The van der Waals surface area contributed by atoms with Crippen molar-refractivity contribution >= 4 is 0 Å². The van der Waals surface area contributed by atoms with E-state index in [4.69, 9.17) is 9.47 Å². The number of para-hydroxylation sites is 1. The van der Waals surface area contributed by atoms with Gasteiger partial charge >= 0.3 is 0 Å². The zero-order chi connectivity index (χ0) is 14.1. The molecule has 2 aliphatic rings. The van der Waals surface area contributed by atoms with E-state index < -0.39 is 0 Å². The number of morpholine rings is 1. The van der Waals surface area contributed by atoms with Crippen molar-refractivity contribution in [3.63, 3.8) is 0 Å². The van der Waals surface area contributed by atoms with Gasteiger partial charge in [0.05, 0.1) is 26.3 Å². The molecule has 2 aromatic rings. The lowest BCUT2D eigenvalue weighted by Crippen LogP contribution is -2.36. The van der Waals surface area contributed by atoms with E-state index in [0.29, 0.717) is 6.61 Å². The fourth-order valence-electron chi connectivity index (χ4n) is 2.83. The normalized spacial score (nSPS) is 18.5. The molecule has 0 bridgehead atoms. The van der Waals surface area contributed by atoms with Crippen LogP contribution in [0.4, 0.5) is 0 Å². The molecule has 0 radical (unpaired) electrons. The third-order valence-corrected chi connectivity index (χ3v) is 4.03. The SMILES string of the molecule is c1ccc2c(c1)Cn1c(nnc1CN1CCOCC1)CO2. The summed E-state index contributed by atoms with van der Waals surface area (Å²) in [5.74, 6) is 2.85. The molecule has 0 saturated carbocycles. The highest BCUT2D eigenvalue weighted by molar-refractivity contribution is 5.34.